The van der Waals surface area contributed by atoms with Gasteiger partial charge in [0, 0.05) is 0 Å². The van der Waals surface area contributed by atoms with Gasteiger partial charge in [0.1, 0.15) is 0 Å². The van der Waals surface area contributed by atoms with Gasteiger partial charge in [-0.25, -0.2) is 0 Å². The summed E-state index contributed by atoms with van der Waals surface area (Å²) >= 11 is 3.93. The van der Waals surface area contributed by atoms with E-state index < -0.39 is 12.3 Å². The van der Waals surface area contributed by atoms with Gasteiger partial charge in [-0.1, -0.05) is 6.92 Å². The van der Waals surface area contributed by atoms with Crippen molar-refractivity contribution in [2.45, 2.75) is 26.1 Å². The van der Waals surface area contributed by atoms with Crippen molar-refractivity contribution in [3.05, 3.63) is 0 Å². The minimum absolute atomic E-state index is 0.0538. The first-order chi connectivity index (χ1) is 5.38. The molecule has 0 aromatic carbocycles. The van der Waals surface area contributed by atoms with Gasteiger partial charge in [-0.15, -0.1) is 0 Å². The molecule has 0 aliphatic rings. The van der Waals surface area contributed by atoms with E-state index in [-0.39, 0.29) is 12.5 Å². The monoisotopic (exact) mass is 202 g/mol. The maximum atomic E-state index is 11.9. The number of thiol groups is 1. The van der Waals surface area contributed by atoms with E-state index in [9.17, 15) is 13.2 Å². The summed E-state index contributed by atoms with van der Waals surface area (Å²) in [5.41, 5.74) is 0. The molecule has 12 heavy (non-hydrogen) atoms. The number of hydrogen-bond acceptors (Lipinski definition) is 2. The molecule has 1 nitrogen and oxygen atoms in total. The number of alkyl halides is 3. The Morgan fingerprint density at radius 3 is 2.17 bits per heavy atom. The van der Waals surface area contributed by atoms with Gasteiger partial charge in [0.15, 0.2) is 6.10 Å². The first-order valence-electron chi connectivity index (χ1n) is 3.67. The second-order valence-corrected chi connectivity index (χ2v) is 3.17. The Kier molecular flexibility index (Phi) is 5.01. The van der Waals surface area contributed by atoms with E-state index in [1.54, 1.807) is 6.92 Å². The topological polar surface area (TPSA) is 9.23 Å². The molecular formula is C7H13F3OS. The second-order valence-electron chi connectivity index (χ2n) is 2.80. The van der Waals surface area contributed by atoms with E-state index in [1.165, 1.54) is 0 Å². The molecule has 0 rings (SSSR count). The summed E-state index contributed by atoms with van der Waals surface area (Å²) < 4.78 is 40.2. The lowest BCUT2D eigenvalue weighted by molar-refractivity contribution is -0.216. The van der Waals surface area contributed by atoms with Gasteiger partial charge in [0.2, 0.25) is 0 Å². The van der Waals surface area contributed by atoms with Crippen LogP contribution in [0.15, 0.2) is 0 Å². The highest BCUT2D eigenvalue weighted by atomic mass is 32.1. The van der Waals surface area contributed by atoms with Gasteiger partial charge in [-0.3, -0.25) is 0 Å². The number of hydrogen-bond donors (Lipinski definition) is 1. The van der Waals surface area contributed by atoms with Gasteiger partial charge in [0.25, 0.3) is 0 Å². The Hall–Kier alpha value is 0.100. The fourth-order valence-electron chi connectivity index (χ4n) is 0.456. The average Bonchev–Trinajstić information content (AvgIpc) is 1.97. The highest BCUT2D eigenvalue weighted by Gasteiger charge is 2.36. The fraction of sp³-hybridized carbons (Fsp3) is 1.00. The van der Waals surface area contributed by atoms with Crippen molar-refractivity contribution in [2.75, 3.05) is 12.4 Å². The molecule has 0 aliphatic heterocycles. The number of halogens is 3. The molecule has 2 atom stereocenters. The van der Waals surface area contributed by atoms with Crippen molar-refractivity contribution in [2.24, 2.45) is 5.92 Å². The quantitative estimate of drug-likeness (QED) is 0.689. The van der Waals surface area contributed by atoms with E-state index in [0.717, 1.165) is 6.92 Å². The maximum Gasteiger partial charge on any atom is 0.414 e. The van der Waals surface area contributed by atoms with Crippen molar-refractivity contribution < 1.29 is 17.9 Å². The molecule has 0 amide bonds. The molecule has 0 aliphatic carbocycles. The van der Waals surface area contributed by atoms with Crippen molar-refractivity contribution in [1.82, 2.24) is 0 Å². The first kappa shape index (κ1) is 12.1. The predicted molar refractivity (Wildman–Crippen MR) is 44.5 cm³/mol. The smallest absolute Gasteiger partial charge is 0.369 e. The Morgan fingerprint density at radius 1 is 1.33 bits per heavy atom. The Morgan fingerprint density at radius 2 is 1.83 bits per heavy atom. The largest absolute Gasteiger partial charge is 0.414 e. The van der Waals surface area contributed by atoms with Crippen molar-refractivity contribution in [1.29, 1.82) is 0 Å². The summed E-state index contributed by atoms with van der Waals surface area (Å²) in [6.07, 6.45) is -5.93. The van der Waals surface area contributed by atoms with Gasteiger partial charge in [-0.2, -0.15) is 25.8 Å². The molecule has 0 radical (unpaired) electrons. The Bertz CT molecular complexity index is 126. The third-order valence-corrected chi connectivity index (χ3v) is 2.03. The summed E-state index contributed by atoms with van der Waals surface area (Å²) in [5, 5.41) is 0. The van der Waals surface area contributed by atoms with Gasteiger partial charge in [0.05, 0.1) is 6.61 Å². The third-order valence-electron chi connectivity index (χ3n) is 1.40. The summed E-state index contributed by atoms with van der Waals surface area (Å²) in [6, 6.07) is 0. The molecule has 0 aromatic heterocycles. The molecule has 0 spiro atoms. The standard InChI is InChI=1S/C7H13F3OS/c1-5(4-12)3-11-6(2)7(8,9)10/h5-6,12H,3-4H2,1-2H3. The van der Waals surface area contributed by atoms with Crippen molar-refractivity contribution in [3.63, 3.8) is 0 Å². The minimum atomic E-state index is -4.25. The molecule has 0 fully saturated rings. The van der Waals surface area contributed by atoms with E-state index in [4.69, 9.17) is 0 Å². The summed E-state index contributed by atoms with van der Waals surface area (Å²) in [5.74, 6) is 0.586. The van der Waals surface area contributed by atoms with E-state index in [1.807, 2.05) is 0 Å². The third kappa shape index (κ3) is 4.87. The highest BCUT2D eigenvalue weighted by molar-refractivity contribution is 7.80. The van der Waals surface area contributed by atoms with Crippen LogP contribution in [0.2, 0.25) is 0 Å². The first-order valence-corrected chi connectivity index (χ1v) is 4.30. The molecule has 0 N–H and O–H groups in total. The van der Waals surface area contributed by atoms with Crippen LogP contribution in [-0.2, 0) is 4.74 Å². The van der Waals surface area contributed by atoms with Crippen LogP contribution in [0.5, 0.6) is 0 Å². The highest BCUT2D eigenvalue weighted by Crippen LogP contribution is 2.22. The van der Waals surface area contributed by atoms with Crippen LogP contribution in [0.3, 0.4) is 0 Å². The Labute approximate surface area is 75.7 Å². The van der Waals surface area contributed by atoms with Crippen molar-refractivity contribution in [3.8, 4) is 0 Å². The van der Waals surface area contributed by atoms with Gasteiger partial charge < -0.3 is 4.74 Å². The molecule has 0 saturated carbocycles. The van der Waals surface area contributed by atoms with Crippen LogP contribution >= 0.6 is 12.6 Å². The van der Waals surface area contributed by atoms with Crippen LogP contribution < -0.4 is 0 Å². The molecule has 2 unspecified atom stereocenters. The normalized spacial score (nSPS) is 17.5. The second kappa shape index (κ2) is 4.97. The van der Waals surface area contributed by atoms with Crippen LogP contribution in [0.25, 0.3) is 0 Å². The van der Waals surface area contributed by atoms with E-state index in [2.05, 4.69) is 17.4 Å². The Balaban J connectivity index is 3.64. The summed E-state index contributed by atoms with van der Waals surface area (Å²) in [4.78, 5) is 0. The van der Waals surface area contributed by atoms with Crippen LogP contribution in [0.1, 0.15) is 13.8 Å². The average molecular weight is 202 g/mol. The summed E-state index contributed by atoms with van der Waals surface area (Å²) in [7, 11) is 0. The zero-order valence-electron chi connectivity index (χ0n) is 7.06. The van der Waals surface area contributed by atoms with Crippen LogP contribution in [0, 0.1) is 5.92 Å². The molecule has 0 bridgehead atoms. The van der Waals surface area contributed by atoms with Gasteiger partial charge in [-0.05, 0) is 18.6 Å². The maximum absolute atomic E-state index is 11.9. The van der Waals surface area contributed by atoms with Crippen LogP contribution in [0.4, 0.5) is 13.2 Å². The number of ether oxygens (including phenoxy) is 1. The lowest BCUT2D eigenvalue weighted by atomic mass is 10.2. The molecule has 5 heteroatoms. The zero-order valence-corrected chi connectivity index (χ0v) is 7.95. The SMILES string of the molecule is CC(CS)COC(C)C(F)(F)F. The van der Waals surface area contributed by atoms with E-state index >= 15 is 0 Å². The summed E-state index contributed by atoms with van der Waals surface area (Å²) in [6.45, 7) is 2.89. The molecule has 0 aromatic rings. The number of rotatable bonds is 4. The van der Waals surface area contributed by atoms with E-state index in [0.29, 0.717) is 5.75 Å². The van der Waals surface area contributed by atoms with Gasteiger partial charge >= 0.3 is 6.18 Å². The predicted octanol–water partition coefficient (Wildman–Crippen LogP) is 2.52. The fourth-order valence-corrected chi connectivity index (χ4v) is 0.561. The molecule has 0 heterocycles. The lowest BCUT2D eigenvalue weighted by Gasteiger charge is -2.18. The molecule has 74 valence electrons. The molecule has 0 saturated heterocycles. The minimum Gasteiger partial charge on any atom is -0.369 e. The molecular weight excluding hydrogens is 189 g/mol. The van der Waals surface area contributed by atoms with Crippen LogP contribution in [-0.4, -0.2) is 24.6 Å². The van der Waals surface area contributed by atoms with Crippen molar-refractivity contribution >= 4 is 12.6 Å². The zero-order chi connectivity index (χ0) is 9.78. The lowest BCUT2D eigenvalue weighted by Crippen LogP contribution is -2.30.